The van der Waals surface area contributed by atoms with Crippen molar-refractivity contribution in [1.29, 1.82) is 0 Å². The summed E-state index contributed by atoms with van der Waals surface area (Å²) in [6, 6.07) is 0. The molecule has 0 saturated carbocycles. The fraction of sp³-hybridized carbons (Fsp3) is 0.312. The van der Waals surface area contributed by atoms with E-state index in [-0.39, 0.29) is 0 Å². The van der Waals surface area contributed by atoms with Crippen LogP contribution in [0.1, 0.15) is 31.7 Å². The molecule has 23 heavy (non-hydrogen) atoms. The fourth-order valence-corrected chi connectivity index (χ4v) is 1.57. The van der Waals surface area contributed by atoms with Crippen LogP contribution in [0.2, 0.25) is 0 Å². The van der Waals surface area contributed by atoms with Crippen molar-refractivity contribution in [2.24, 2.45) is 5.16 Å². The van der Waals surface area contributed by atoms with Gasteiger partial charge in [-0.15, -0.1) is 0 Å². The zero-order valence-corrected chi connectivity index (χ0v) is 12.5. The molecule has 0 N–H and O–H groups in total. The lowest BCUT2D eigenvalue weighted by atomic mass is 10.2. The molecule has 0 radical (unpaired) electrons. The second kappa shape index (κ2) is 9.76. The van der Waals surface area contributed by atoms with Crippen LogP contribution in [0, 0.1) is 29.1 Å². The second-order valence-corrected chi connectivity index (χ2v) is 4.53. The summed E-state index contributed by atoms with van der Waals surface area (Å²) in [6.45, 7) is 1.21. The molecule has 0 saturated heterocycles. The van der Waals surface area contributed by atoms with Crippen LogP contribution in [0.3, 0.4) is 0 Å². The number of allylic oxidation sites excluding steroid dienone is 4. The number of unbranched alkanes of at least 4 members (excludes halogenated alkanes) is 2. The van der Waals surface area contributed by atoms with Crippen LogP contribution in [0.5, 0.6) is 0 Å². The number of hydrogen-bond acceptors (Lipinski definition) is 2. The lowest BCUT2D eigenvalue weighted by Crippen LogP contribution is -2.07. The Morgan fingerprint density at radius 1 is 0.870 bits per heavy atom. The van der Waals surface area contributed by atoms with Crippen LogP contribution in [0.25, 0.3) is 0 Å². The lowest BCUT2D eigenvalue weighted by Gasteiger charge is -2.06. The van der Waals surface area contributed by atoms with Gasteiger partial charge in [-0.3, -0.25) is 0 Å². The fourth-order valence-electron chi connectivity index (χ4n) is 1.57. The lowest BCUT2D eigenvalue weighted by molar-refractivity contribution is 0.124. The molecule has 0 atom stereocenters. The van der Waals surface area contributed by atoms with E-state index in [9.17, 15) is 22.0 Å². The summed E-state index contributed by atoms with van der Waals surface area (Å²) in [5.74, 6) is -10.1. The van der Waals surface area contributed by atoms with Crippen LogP contribution in [0.4, 0.5) is 22.0 Å². The molecule has 1 aromatic rings. The van der Waals surface area contributed by atoms with Gasteiger partial charge in [-0.25, -0.2) is 22.0 Å². The first kappa shape index (κ1) is 18.9. The Balaban J connectivity index is 2.55. The zero-order valence-electron chi connectivity index (χ0n) is 12.5. The van der Waals surface area contributed by atoms with Crippen molar-refractivity contribution in [2.75, 3.05) is 0 Å². The standard InChI is InChI=1S/C16H16F5NO/c1-2-3-4-5-6-7-8-9-22-23-10-11-12(17)14(19)16(21)15(20)13(11)18/h5-9H,2-4,10H2,1H3/b6-5+,8-7+,22-9+. The summed E-state index contributed by atoms with van der Waals surface area (Å²) in [5, 5.41) is 3.35. The van der Waals surface area contributed by atoms with Crippen molar-refractivity contribution in [3.05, 3.63) is 59.0 Å². The molecule has 1 rings (SSSR count). The highest BCUT2D eigenvalue weighted by atomic mass is 19.2. The van der Waals surface area contributed by atoms with E-state index < -0.39 is 41.3 Å². The van der Waals surface area contributed by atoms with Gasteiger partial charge in [-0.2, -0.15) is 0 Å². The smallest absolute Gasteiger partial charge is 0.200 e. The Kier molecular flexibility index (Phi) is 8.01. The maximum Gasteiger partial charge on any atom is 0.200 e. The molecule has 2 nitrogen and oxygen atoms in total. The number of rotatable bonds is 8. The number of benzene rings is 1. The highest BCUT2D eigenvalue weighted by Gasteiger charge is 2.25. The van der Waals surface area contributed by atoms with Crippen LogP contribution < -0.4 is 0 Å². The molecule has 0 aromatic heterocycles. The molecular formula is C16H16F5NO. The van der Waals surface area contributed by atoms with Gasteiger partial charge >= 0.3 is 0 Å². The molecule has 0 aliphatic carbocycles. The Hall–Kier alpha value is -2.18. The summed E-state index contributed by atoms with van der Waals surface area (Å²) in [7, 11) is 0. The maximum atomic E-state index is 13.3. The van der Waals surface area contributed by atoms with Crippen LogP contribution in [-0.2, 0) is 11.4 Å². The number of oxime groups is 1. The van der Waals surface area contributed by atoms with Gasteiger partial charge in [0, 0.05) is 0 Å². The quantitative estimate of drug-likeness (QED) is 0.122. The van der Waals surface area contributed by atoms with Crippen molar-refractivity contribution >= 4 is 6.21 Å². The molecule has 0 bridgehead atoms. The summed E-state index contributed by atoms with van der Waals surface area (Å²) >= 11 is 0. The van der Waals surface area contributed by atoms with Crippen molar-refractivity contribution in [1.82, 2.24) is 0 Å². The first-order valence-electron chi connectivity index (χ1n) is 6.98. The van der Waals surface area contributed by atoms with Crippen LogP contribution in [-0.4, -0.2) is 6.21 Å². The molecule has 0 heterocycles. The zero-order chi connectivity index (χ0) is 17.2. The first-order chi connectivity index (χ1) is 11.0. The highest BCUT2D eigenvalue weighted by Crippen LogP contribution is 2.23. The molecule has 1 aromatic carbocycles. The third-order valence-corrected chi connectivity index (χ3v) is 2.81. The largest absolute Gasteiger partial charge is 0.391 e. The third kappa shape index (κ3) is 5.50. The average molecular weight is 333 g/mol. The summed E-state index contributed by atoms with van der Waals surface area (Å²) in [6.07, 6.45) is 11.3. The highest BCUT2D eigenvalue weighted by molar-refractivity contribution is 5.70. The minimum absolute atomic E-state index is 0.873. The molecule has 7 heteroatoms. The minimum Gasteiger partial charge on any atom is -0.391 e. The Morgan fingerprint density at radius 3 is 2.09 bits per heavy atom. The van der Waals surface area contributed by atoms with Gasteiger partial charge in [-0.05, 0) is 12.5 Å². The molecule has 0 aliphatic heterocycles. The Morgan fingerprint density at radius 2 is 1.48 bits per heavy atom. The van der Waals surface area contributed by atoms with E-state index in [1.54, 1.807) is 12.2 Å². The van der Waals surface area contributed by atoms with Gasteiger partial charge < -0.3 is 4.84 Å². The van der Waals surface area contributed by atoms with Crippen molar-refractivity contribution < 1.29 is 26.8 Å². The van der Waals surface area contributed by atoms with E-state index in [2.05, 4.69) is 16.9 Å². The second-order valence-electron chi connectivity index (χ2n) is 4.53. The number of nitrogens with zero attached hydrogens (tertiary/aromatic N) is 1. The van der Waals surface area contributed by atoms with Gasteiger partial charge in [0.25, 0.3) is 0 Å². The van der Waals surface area contributed by atoms with Gasteiger partial charge in [-0.1, -0.05) is 43.1 Å². The molecule has 0 unspecified atom stereocenters. The van der Waals surface area contributed by atoms with Crippen LogP contribution in [0.15, 0.2) is 29.5 Å². The SMILES string of the molecule is CCCC/C=C/C=C/C=N/OCc1c(F)c(F)c(F)c(F)c1F. The maximum absolute atomic E-state index is 13.3. The van der Waals surface area contributed by atoms with Gasteiger partial charge in [0.05, 0.1) is 11.8 Å². The van der Waals surface area contributed by atoms with E-state index in [4.69, 9.17) is 0 Å². The number of hydrogen-bond donors (Lipinski definition) is 0. The van der Waals surface area contributed by atoms with Crippen molar-refractivity contribution in [3.63, 3.8) is 0 Å². The summed E-state index contributed by atoms with van der Waals surface area (Å²) in [4.78, 5) is 4.53. The monoisotopic (exact) mass is 333 g/mol. The summed E-state index contributed by atoms with van der Waals surface area (Å²) < 4.78 is 65.3. The topological polar surface area (TPSA) is 21.6 Å². The van der Waals surface area contributed by atoms with Crippen LogP contribution >= 0.6 is 0 Å². The van der Waals surface area contributed by atoms with Gasteiger partial charge in [0.15, 0.2) is 23.3 Å². The predicted molar refractivity (Wildman–Crippen MR) is 77.3 cm³/mol. The Labute approximate surface area is 130 Å². The van der Waals surface area contributed by atoms with E-state index in [0.29, 0.717) is 0 Å². The molecule has 0 spiro atoms. The van der Waals surface area contributed by atoms with E-state index in [1.165, 1.54) is 12.3 Å². The molecular weight excluding hydrogens is 317 g/mol. The van der Waals surface area contributed by atoms with E-state index in [1.807, 2.05) is 6.08 Å². The Bertz CT molecular complexity index is 582. The van der Waals surface area contributed by atoms with Crippen molar-refractivity contribution in [2.45, 2.75) is 32.8 Å². The average Bonchev–Trinajstić information content (AvgIpc) is 2.55. The summed E-state index contributed by atoms with van der Waals surface area (Å²) in [5.41, 5.74) is -1.07. The molecule has 0 aliphatic rings. The van der Waals surface area contributed by atoms with E-state index in [0.717, 1.165) is 19.3 Å². The third-order valence-electron chi connectivity index (χ3n) is 2.81. The molecule has 0 fully saturated rings. The van der Waals surface area contributed by atoms with Crippen molar-refractivity contribution in [3.8, 4) is 0 Å². The minimum atomic E-state index is -2.20. The molecule has 0 amide bonds. The first-order valence-corrected chi connectivity index (χ1v) is 6.98. The van der Waals surface area contributed by atoms with E-state index >= 15 is 0 Å². The van der Waals surface area contributed by atoms with Gasteiger partial charge in [0.2, 0.25) is 5.82 Å². The van der Waals surface area contributed by atoms with Gasteiger partial charge in [0.1, 0.15) is 6.61 Å². The molecule has 126 valence electrons. The predicted octanol–water partition coefficient (Wildman–Crippen LogP) is 5.19. The normalized spacial score (nSPS) is 12.1. The number of halogens is 5.